The monoisotopic (exact) mass is 261 g/mol. The Labute approximate surface area is 113 Å². The first-order valence-corrected chi connectivity index (χ1v) is 6.40. The minimum Gasteiger partial charge on any atom is -0.336 e. The zero-order chi connectivity index (χ0) is 14.0. The molecule has 2 N–H and O–H groups in total. The van der Waals surface area contributed by atoms with Gasteiger partial charge in [-0.15, -0.1) is 0 Å². The molecule has 0 spiro atoms. The summed E-state index contributed by atoms with van der Waals surface area (Å²) in [7, 11) is 1.78. The summed E-state index contributed by atoms with van der Waals surface area (Å²) in [5.74, 6) is 0.109. The summed E-state index contributed by atoms with van der Waals surface area (Å²) in [6.45, 7) is 4.29. The molecule has 0 aromatic heterocycles. The molecule has 0 saturated heterocycles. The molecule has 1 aliphatic heterocycles. The summed E-state index contributed by atoms with van der Waals surface area (Å²) >= 11 is 0. The number of likely N-dealkylation sites (N-methyl/N-ethyl adjacent to an activating group) is 1. The van der Waals surface area contributed by atoms with E-state index in [2.05, 4.69) is 10.6 Å². The number of anilines is 1. The maximum absolute atomic E-state index is 11.6. The van der Waals surface area contributed by atoms with Crippen LogP contribution in [0.3, 0.4) is 0 Å². The first kappa shape index (κ1) is 13.4. The molecule has 19 heavy (non-hydrogen) atoms. The molecule has 0 radical (unpaired) electrons. The number of urea groups is 1. The summed E-state index contributed by atoms with van der Waals surface area (Å²) in [5, 5.41) is 5.56. The number of carbonyl (C=O) groups is 2. The van der Waals surface area contributed by atoms with Gasteiger partial charge in [-0.05, 0) is 31.0 Å². The van der Waals surface area contributed by atoms with Crippen molar-refractivity contribution in [1.29, 1.82) is 0 Å². The number of nitrogens with zero attached hydrogens (tertiary/aromatic N) is 1. The molecule has 1 aromatic rings. The number of hydrogen-bond donors (Lipinski definition) is 2. The van der Waals surface area contributed by atoms with Gasteiger partial charge in [0, 0.05) is 25.3 Å². The third-order valence-corrected chi connectivity index (χ3v) is 3.09. The second-order valence-electron chi connectivity index (χ2n) is 5.07. The van der Waals surface area contributed by atoms with Crippen molar-refractivity contribution in [3.63, 3.8) is 0 Å². The minimum absolute atomic E-state index is 0.109. The zero-order valence-electron chi connectivity index (χ0n) is 11.5. The minimum atomic E-state index is -0.177. The van der Waals surface area contributed by atoms with E-state index in [1.165, 1.54) is 0 Å². The largest absolute Gasteiger partial charge is 0.336 e. The quantitative estimate of drug-likeness (QED) is 0.864. The van der Waals surface area contributed by atoms with E-state index in [0.29, 0.717) is 13.0 Å². The van der Waals surface area contributed by atoms with E-state index in [-0.39, 0.29) is 18.0 Å². The average Bonchev–Trinajstić information content (AvgIpc) is 2.61. The van der Waals surface area contributed by atoms with Crippen molar-refractivity contribution in [2.45, 2.75) is 32.9 Å². The van der Waals surface area contributed by atoms with Crippen LogP contribution >= 0.6 is 0 Å². The van der Waals surface area contributed by atoms with Crippen LogP contribution in [0.2, 0.25) is 0 Å². The van der Waals surface area contributed by atoms with Gasteiger partial charge in [-0.2, -0.15) is 0 Å². The lowest BCUT2D eigenvalue weighted by Crippen LogP contribution is -2.39. The van der Waals surface area contributed by atoms with Gasteiger partial charge in [0.25, 0.3) is 0 Å². The van der Waals surface area contributed by atoms with Crippen molar-refractivity contribution in [2.75, 3.05) is 11.9 Å². The molecular weight excluding hydrogens is 242 g/mol. The highest BCUT2D eigenvalue weighted by molar-refractivity contribution is 6.00. The van der Waals surface area contributed by atoms with Crippen molar-refractivity contribution >= 4 is 17.6 Å². The Balaban J connectivity index is 1.99. The van der Waals surface area contributed by atoms with E-state index < -0.39 is 0 Å². The van der Waals surface area contributed by atoms with Crippen LogP contribution in [0.5, 0.6) is 0 Å². The van der Waals surface area contributed by atoms with Crippen LogP contribution in [-0.4, -0.2) is 25.0 Å². The fourth-order valence-corrected chi connectivity index (χ4v) is 2.13. The first-order chi connectivity index (χ1) is 8.97. The molecule has 102 valence electrons. The average molecular weight is 261 g/mol. The fourth-order valence-electron chi connectivity index (χ4n) is 2.13. The fraction of sp³-hybridized carbons (Fsp3) is 0.429. The molecule has 1 aromatic carbocycles. The lowest BCUT2D eigenvalue weighted by Gasteiger charge is -2.12. The second-order valence-corrected chi connectivity index (χ2v) is 5.07. The van der Waals surface area contributed by atoms with Crippen LogP contribution < -0.4 is 15.5 Å². The number of fused-ring (bicyclic) bond motifs is 1. The normalized spacial score (nSPS) is 13.7. The maximum atomic E-state index is 11.6. The number of hydrogen-bond acceptors (Lipinski definition) is 2. The molecule has 3 amide bonds. The van der Waals surface area contributed by atoms with Crippen molar-refractivity contribution in [3.8, 4) is 0 Å². The van der Waals surface area contributed by atoms with E-state index in [1.54, 1.807) is 11.9 Å². The molecular formula is C14H19N3O2. The predicted octanol–water partition coefficient (Wildman–Crippen LogP) is 1.41. The van der Waals surface area contributed by atoms with E-state index in [4.69, 9.17) is 0 Å². The van der Waals surface area contributed by atoms with Gasteiger partial charge in [0.05, 0.1) is 6.42 Å². The van der Waals surface area contributed by atoms with Crippen molar-refractivity contribution in [3.05, 3.63) is 29.3 Å². The number of carbonyl (C=O) groups excluding carboxylic acids is 2. The zero-order valence-corrected chi connectivity index (χ0v) is 11.5. The number of amides is 3. The molecule has 5 heteroatoms. The van der Waals surface area contributed by atoms with Gasteiger partial charge < -0.3 is 15.5 Å². The van der Waals surface area contributed by atoms with Gasteiger partial charge in [-0.25, -0.2) is 4.79 Å². The molecule has 2 rings (SSSR count). The summed E-state index contributed by atoms with van der Waals surface area (Å²) in [5.41, 5.74) is 2.98. The number of nitrogens with one attached hydrogen (secondary N) is 2. The van der Waals surface area contributed by atoms with Gasteiger partial charge in [-0.1, -0.05) is 12.1 Å². The Kier molecular flexibility index (Phi) is 3.74. The third kappa shape index (κ3) is 3.05. The van der Waals surface area contributed by atoms with Crippen LogP contribution in [0.15, 0.2) is 18.2 Å². The van der Waals surface area contributed by atoms with E-state index >= 15 is 0 Å². The highest BCUT2D eigenvalue weighted by Crippen LogP contribution is 2.28. The van der Waals surface area contributed by atoms with Crippen LogP contribution in [0, 0.1) is 0 Å². The first-order valence-electron chi connectivity index (χ1n) is 6.40. The van der Waals surface area contributed by atoms with E-state index in [9.17, 15) is 9.59 Å². The molecule has 0 fully saturated rings. The molecule has 0 unspecified atom stereocenters. The standard InChI is InChI=1S/C14H19N3O2/c1-9(2)16-14(19)15-8-10-4-5-12-11(6-10)7-13(18)17(12)3/h4-6,9H,7-8H2,1-3H3,(H2,15,16,19). The lowest BCUT2D eigenvalue weighted by molar-refractivity contribution is -0.117. The molecule has 1 heterocycles. The lowest BCUT2D eigenvalue weighted by atomic mass is 10.1. The van der Waals surface area contributed by atoms with Crippen LogP contribution in [0.1, 0.15) is 25.0 Å². The summed E-state index contributed by atoms with van der Waals surface area (Å²) < 4.78 is 0. The van der Waals surface area contributed by atoms with E-state index in [1.807, 2.05) is 32.0 Å². The van der Waals surface area contributed by atoms with Gasteiger partial charge in [0.1, 0.15) is 0 Å². The molecule has 0 atom stereocenters. The van der Waals surface area contributed by atoms with Crippen molar-refractivity contribution in [1.82, 2.24) is 10.6 Å². The summed E-state index contributed by atoms with van der Waals surface area (Å²) in [6, 6.07) is 5.78. The van der Waals surface area contributed by atoms with Gasteiger partial charge in [0.2, 0.25) is 5.91 Å². The highest BCUT2D eigenvalue weighted by atomic mass is 16.2. The molecule has 0 aliphatic carbocycles. The van der Waals surface area contributed by atoms with Gasteiger partial charge >= 0.3 is 6.03 Å². The maximum Gasteiger partial charge on any atom is 0.315 e. The van der Waals surface area contributed by atoms with Crippen LogP contribution in [-0.2, 0) is 17.8 Å². The second kappa shape index (κ2) is 5.30. The van der Waals surface area contributed by atoms with Crippen molar-refractivity contribution in [2.24, 2.45) is 0 Å². The number of benzene rings is 1. The highest BCUT2D eigenvalue weighted by Gasteiger charge is 2.23. The van der Waals surface area contributed by atoms with Gasteiger partial charge in [0.15, 0.2) is 0 Å². The van der Waals surface area contributed by atoms with Gasteiger partial charge in [-0.3, -0.25) is 4.79 Å². The SMILES string of the molecule is CC(C)NC(=O)NCc1ccc2c(c1)CC(=O)N2C. The molecule has 0 saturated carbocycles. The van der Waals surface area contributed by atoms with Crippen LogP contribution in [0.4, 0.5) is 10.5 Å². The smallest absolute Gasteiger partial charge is 0.315 e. The summed E-state index contributed by atoms with van der Waals surface area (Å²) in [6.07, 6.45) is 0.442. The Morgan fingerprint density at radius 1 is 1.42 bits per heavy atom. The number of rotatable bonds is 3. The topological polar surface area (TPSA) is 61.4 Å². The Hall–Kier alpha value is -2.04. The predicted molar refractivity (Wildman–Crippen MR) is 74.1 cm³/mol. The molecule has 5 nitrogen and oxygen atoms in total. The summed E-state index contributed by atoms with van der Waals surface area (Å²) in [4.78, 5) is 24.7. The van der Waals surface area contributed by atoms with Crippen molar-refractivity contribution < 1.29 is 9.59 Å². The molecule has 0 bridgehead atoms. The van der Waals surface area contributed by atoms with E-state index in [0.717, 1.165) is 16.8 Å². The Morgan fingerprint density at radius 3 is 2.84 bits per heavy atom. The Morgan fingerprint density at radius 2 is 2.16 bits per heavy atom. The third-order valence-electron chi connectivity index (χ3n) is 3.09. The van der Waals surface area contributed by atoms with Crippen LogP contribution in [0.25, 0.3) is 0 Å². The Bertz CT molecular complexity index is 511. The molecule has 1 aliphatic rings.